The first kappa shape index (κ1) is 21.1. The minimum Gasteiger partial charge on any atom is -0.207 e. The number of allylic oxidation sites excluding steroid dienone is 2. The van der Waals surface area contributed by atoms with Crippen molar-refractivity contribution in [3.05, 3.63) is 90.0 Å². The van der Waals surface area contributed by atoms with Crippen molar-refractivity contribution in [3.63, 3.8) is 0 Å². The second-order valence-electron chi connectivity index (χ2n) is 7.14. The molecule has 1 aliphatic rings. The number of hydrogen-bond acceptors (Lipinski definition) is 0. The second-order valence-corrected chi connectivity index (χ2v) is 7.14. The zero-order valence-corrected chi connectivity index (χ0v) is 16.2. The molecule has 0 spiro atoms. The highest BCUT2D eigenvalue weighted by molar-refractivity contribution is 5.47. The molecule has 0 amide bonds. The van der Waals surface area contributed by atoms with E-state index < -0.39 is 11.6 Å². The van der Waals surface area contributed by atoms with Crippen LogP contribution < -0.4 is 0 Å². The predicted octanol–water partition coefficient (Wildman–Crippen LogP) is 7.92. The van der Waals surface area contributed by atoms with Crippen molar-refractivity contribution in [3.8, 4) is 0 Å². The number of hydrogen-bond donors (Lipinski definition) is 0. The van der Waals surface area contributed by atoms with Gasteiger partial charge in [-0.25, -0.2) is 8.78 Å². The Balaban J connectivity index is 0.000000273. The van der Waals surface area contributed by atoms with Crippen molar-refractivity contribution in [1.82, 2.24) is 0 Å². The van der Waals surface area contributed by atoms with Crippen molar-refractivity contribution in [2.45, 2.75) is 51.4 Å². The molecule has 2 aromatic carbocycles. The van der Waals surface area contributed by atoms with Crippen molar-refractivity contribution in [2.24, 2.45) is 5.92 Å². The Morgan fingerprint density at radius 1 is 0.852 bits per heavy atom. The molecular formula is C25H30F2. The van der Waals surface area contributed by atoms with Crippen molar-refractivity contribution < 1.29 is 8.78 Å². The minimum atomic E-state index is -0.411. The van der Waals surface area contributed by atoms with Gasteiger partial charge in [0.15, 0.2) is 0 Å². The molecule has 0 nitrogen and oxygen atoms in total. The molecule has 0 radical (unpaired) electrons. The van der Waals surface area contributed by atoms with Crippen LogP contribution in [0.3, 0.4) is 0 Å². The van der Waals surface area contributed by atoms with E-state index >= 15 is 0 Å². The van der Waals surface area contributed by atoms with E-state index in [9.17, 15) is 8.78 Å². The molecule has 144 valence electrons. The molecule has 0 N–H and O–H groups in total. The van der Waals surface area contributed by atoms with Crippen LogP contribution in [-0.2, 0) is 0 Å². The van der Waals surface area contributed by atoms with E-state index in [1.165, 1.54) is 49.7 Å². The van der Waals surface area contributed by atoms with Crippen LogP contribution in [0.15, 0.2) is 67.3 Å². The Morgan fingerprint density at radius 2 is 1.41 bits per heavy atom. The van der Waals surface area contributed by atoms with Crippen molar-refractivity contribution >= 4 is 6.08 Å². The van der Waals surface area contributed by atoms with Crippen LogP contribution in [-0.4, -0.2) is 0 Å². The van der Waals surface area contributed by atoms with Gasteiger partial charge in [-0.1, -0.05) is 56.0 Å². The summed E-state index contributed by atoms with van der Waals surface area (Å²) in [6.45, 7) is 6.02. The van der Waals surface area contributed by atoms with E-state index in [0.717, 1.165) is 36.1 Å². The van der Waals surface area contributed by atoms with Gasteiger partial charge in [0.1, 0.15) is 11.6 Å². The number of halogens is 2. The number of benzene rings is 2. The van der Waals surface area contributed by atoms with Gasteiger partial charge in [-0.05, 0) is 85.8 Å². The fourth-order valence-electron chi connectivity index (χ4n) is 3.52. The first-order valence-corrected chi connectivity index (χ1v) is 9.90. The third-order valence-corrected chi connectivity index (χ3v) is 5.17. The number of rotatable bonds is 5. The van der Waals surface area contributed by atoms with Crippen LogP contribution in [0.1, 0.15) is 62.5 Å². The third kappa shape index (κ3) is 7.50. The van der Waals surface area contributed by atoms with Crippen LogP contribution in [0, 0.1) is 17.6 Å². The zero-order chi connectivity index (χ0) is 19.5. The smallest absolute Gasteiger partial charge is 0.123 e. The summed E-state index contributed by atoms with van der Waals surface area (Å²) < 4.78 is 23.8. The summed E-state index contributed by atoms with van der Waals surface area (Å²) in [5, 5.41) is 0. The third-order valence-electron chi connectivity index (χ3n) is 5.17. The average Bonchev–Trinajstić information content (AvgIpc) is 2.71. The van der Waals surface area contributed by atoms with Crippen LogP contribution in [0.25, 0.3) is 6.08 Å². The molecule has 27 heavy (non-hydrogen) atoms. The summed E-state index contributed by atoms with van der Waals surface area (Å²) in [5.74, 6) is 0.884. The summed E-state index contributed by atoms with van der Waals surface area (Å²) in [7, 11) is 0. The molecule has 0 heterocycles. The molecule has 1 fully saturated rings. The first-order chi connectivity index (χ1) is 13.1. The lowest BCUT2D eigenvalue weighted by molar-refractivity contribution is 0.328. The average molecular weight is 369 g/mol. The summed E-state index contributed by atoms with van der Waals surface area (Å²) in [6, 6.07) is 13.3. The topological polar surface area (TPSA) is 0 Å². The van der Waals surface area contributed by atoms with Gasteiger partial charge in [0.05, 0.1) is 0 Å². The molecule has 3 rings (SSSR count). The monoisotopic (exact) mass is 368 g/mol. The Labute approximate surface area is 162 Å². The molecule has 0 bridgehead atoms. The van der Waals surface area contributed by atoms with Crippen LogP contribution in [0.4, 0.5) is 8.78 Å². The molecule has 1 saturated carbocycles. The van der Waals surface area contributed by atoms with Gasteiger partial charge >= 0.3 is 0 Å². The van der Waals surface area contributed by atoms with Gasteiger partial charge in [0.2, 0.25) is 0 Å². The predicted molar refractivity (Wildman–Crippen MR) is 112 cm³/mol. The van der Waals surface area contributed by atoms with Crippen molar-refractivity contribution in [2.75, 3.05) is 0 Å². The molecule has 2 aromatic rings. The van der Waals surface area contributed by atoms with Crippen LogP contribution in [0.5, 0.6) is 0 Å². The maximum atomic E-state index is 11.9. The molecule has 0 saturated heterocycles. The highest BCUT2D eigenvalue weighted by Gasteiger charge is 2.21. The van der Waals surface area contributed by atoms with Gasteiger partial charge in [-0.15, -0.1) is 0 Å². The lowest BCUT2D eigenvalue weighted by Crippen LogP contribution is -2.12. The SMILES string of the molecule is C=Cc1ccc(C2CCC(C/C=C\CC)CC2)cc1.Fc1ccc(F)cc1. The molecule has 0 atom stereocenters. The molecule has 1 aliphatic carbocycles. The maximum Gasteiger partial charge on any atom is 0.123 e. The molecule has 0 aliphatic heterocycles. The molecule has 0 unspecified atom stereocenters. The first-order valence-electron chi connectivity index (χ1n) is 9.90. The fourth-order valence-corrected chi connectivity index (χ4v) is 3.52. The summed E-state index contributed by atoms with van der Waals surface area (Å²) in [5.41, 5.74) is 2.75. The van der Waals surface area contributed by atoms with E-state index in [1.54, 1.807) is 0 Å². The van der Waals surface area contributed by atoms with Crippen molar-refractivity contribution in [1.29, 1.82) is 0 Å². The second kappa shape index (κ2) is 11.5. The van der Waals surface area contributed by atoms with Crippen LogP contribution in [0.2, 0.25) is 0 Å². The summed E-state index contributed by atoms with van der Waals surface area (Å²) in [4.78, 5) is 0. The van der Waals surface area contributed by atoms with E-state index in [2.05, 4.69) is 49.9 Å². The Kier molecular flexibility index (Phi) is 8.97. The van der Waals surface area contributed by atoms with Gasteiger partial charge in [-0.2, -0.15) is 0 Å². The lowest BCUT2D eigenvalue weighted by Gasteiger charge is -2.28. The Bertz CT molecular complexity index is 669. The Morgan fingerprint density at radius 3 is 1.89 bits per heavy atom. The van der Waals surface area contributed by atoms with Gasteiger partial charge < -0.3 is 0 Å². The minimum absolute atomic E-state index is 0.411. The van der Waals surface area contributed by atoms with Gasteiger partial charge in [0.25, 0.3) is 0 Å². The summed E-state index contributed by atoms with van der Waals surface area (Å²) >= 11 is 0. The van der Waals surface area contributed by atoms with E-state index in [1.807, 2.05) is 6.08 Å². The van der Waals surface area contributed by atoms with E-state index in [4.69, 9.17) is 0 Å². The van der Waals surface area contributed by atoms with Crippen LogP contribution >= 0.6 is 0 Å². The molecule has 0 aromatic heterocycles. The van der Waals surface area contributed by atoms with Gasteiger partial charge in [0, 0.05) is 0 Å². The quantitative estimate of drug-likeness (QED) is 0.470. The largest absolute Gasteiger partial charge is 0.207 e. The summed E-state index contributed by atoms with van der Waals surface area (Å²) in [6.07, 6.45) is 14.6. The molecular weight excluding hydrogens is 338 g/mol. The lowest BCUT2D eigenvalue weighted by atomic mass is 9.77. The highest BCUT2D eigenvalue weighted by Crippen LogP contribution is 2.37. The maximum absolute atomic E-state index is 11.9. The van der Waals surface area contributed by atoms with E-state index in [0.29, 0.717) is 0 Å². The zero-order valence-electron chi connectivity index (χ0n) is 16.2. The van der Waals surface area contributed by atoms with E-state index in [-0.39, 0.29) is 0 Å². The standard InChI is InChI=1S/C19H26.C6H4F2/c1-3-5-6-7-17-10-14-19(15-11-17)18-12-8-16(4-2)9-13-18;7-5-1-2-6(8)4-3-5/h4-6,8-9,12-13,17,19H,2-3,7,10-11,14-15H2,1H3;1-4H/b6-5-;. The normalized spacial score (nSPS) is 19.4. The Hall–Kier alpha value is -2.22. The fraction of sp³-hybridized carbons (Fsp3) is 0.360. The molecule has 2 heteroatoms. The highest BCUT2D eigenvalue weighted by atomic mass is 19.1. The van der Waals surface area contributed by atoms with Gasteiger partial charge in [-0.3, -0.25) is 0 Å².